The van der Waals surface area contributed by atoms with Crippen LogP contribution in [0, 0.1) is 5.92 Å². The van der Waals surface area contributed by atoms with E-state index < -0.39 is 6.09 Å². The molecule has 1 aromatic rings. The topological polar surface area (TPSA) is 46.6 Å². The van der Waals surface area contributed by atoms with Crippen LogP contribution in [-0.4, -0.2) is 29.5 Å². The lowest BCUT2D eigenvalue weighted by Crippen LogP contribution is -2.40. The van der Waals surface area contributed by atoms with Gasteiger partial charge in [-0.05, 0) is 30.7 Å². The molecule has 0 aromatic heterocycles. The molecule has 21 heavy (non-hydrogen) atoms. The Morgan fingerprint density at radius 3 is 2.62 bits per heavy atom. The summed E-state index contributed by atoms with van der Waals surface area (Å²) in [5, 5.41) is 0. The zero-order chi connectivity index (χ0) is 14.7. The number of nitrogens with zero attached hydrogens (tertiary/aromatic N) is 1. The molecule has 1 atom stereocenters. The highest BCUT2D eigenvalue weighted by atomic mass is 16.6. The summed E-state index contributed by atoms with van der Waals surface area (Å²) in [4.78, 5) is 25.7. The van der Waals surface area contributed by atoms with E-state index in [2.05, 4.69) is 0 Å². The van der Waals surface area contributed by atoms with Crippen molar-refractivity contribution in [3.05, 3.63) is 35.9 Å². The molecule has 112 valence electrons. The molecule has 2 fully saturated rings. The van der Waals surface area contributed by atoms with Gasteiger partial charge in [0.05, 0.1) is 6.04 Å². The first-order valence-electron chi connectivity index (χ1n) is 7.77. The first kappa shape index (κ1) is 14.1. The Morgan fingerprint density at radius 1 is 1.19 bits per heavy atom. The van der Waals surface area contributed by atoms with Gasteiger partial charge in [-0.2, -0.15) is 0 Å². The highest BCUT2D eigenvalue weighted by Gasteiger charge is 2.38. The number of ether oxygens (including phenoxy) is 1. The molecule has 1 aromatic carbocycles. The van der Waals surface area contributed by atoms with Crippen LogP contribution in [0.15, 0.2) is 30.3 Å². The third-order valence-corrected chi connectivity index (χ3v) is 4.48. The number of cyclic esters (lactones) is 1. The van der Waals surface area contributed by atoms with Crippen molar-refractivity contribution in [1.29, 1.82) is 0 Å². The molecule has 1 unspecified atom stereocenters. The van der Waals surface area contributed by atoms with E-state index in [9.17, 15) is 9.59 Å². The Hall–Kier alpha value is -1.84. The first-order chi connectivity index (χ1) is 10.2. The highest BCUT2D eigenvalue weighted by Crippen LogP contribution is 2.29. The molecule has 1 aliphatic heterocycles. The van der Waals surface area contributed by atoms with Crippen LogP contribution in [0.4, 0.5) is 4.79 Å². The van der Waals surface area contributed by atoms with Gasteiger partial charge >= 0.3 is 6.09 Å². The summed E-state index contributed by atoms with van der Waals surface area (Å²) in [7, 11) is 0. The van der Waals surface area contributed by atoms with Gasteiger partial charge in [0, 0.05) is 6.42 Å². The molecule has 4 nitrogen and oxygen atoms in total. The third kappa shape index (κ3) is 3.26. The summed E-state index contributed by atoms with van der Waals surface area (Å²) in [5.41, 5.74) is 1.12. The van der Waals surface area contributed by atoms with E-state index in [1.807, 2.05) is 30.3 Å². The van der Waals surface area contributed by atoms with Crippen molar-refractivity contribution in [1.82, 2.24) is 4.90 Å². The van der Waals surface area contributed by atoms with Crippen LogP contribution in [0.1, 0.15) is 37.7 Å². The number of imide groups is 1. The second-order valence-electron chi connectivity index (χ2n) is 6.04. The van der Waals surface area contributed by atoms with E-state index in [1.54, 1.807) is 0 Å². The summed E-state index contributed by atoms with van der Waals surface area (Å²) < 4.78 is 5.10. The first-order valence-corrected chi connectivity index (χ1v) is 7.77. The molecule has 0 spiro atoms. The number of carbonyl (C=O) groups excluding carboxylic acids is 2. The lowest BCUT2D eigenvalue weighted by Gasteiger charge is -2.21. The molecule has 1 saturated heterocycles. The maximum absolute atomic E-state index is 12.4. The van der Waals surface area contributed by atoms with Gasteiger partial charge in [-0.1, -0.05) is 43.2 Å². The van der Waals surface area contributed by atoms with Crippen molar-refractivity contribution in [2.45, 2.75) is 44.6 Å². The van der Waals surface area contributed by atoms with E-state index in [0.717, 1.165) is 18.4 Å². The van der Waals surface area contributed by atoms with Gasteiger partial charge in [-0.3, -0.25) is 4.79 Å². The molecule has 4 heteroatoms. The molecule has 0 N–H and O–H groups in total. The highest BCUT2D eigenvalue weighted by molar-refractivity contribution is 5.93. The number of hydrogen-bond acceptors (Lipinski definition) is 3. The number of hydrogen-bond donors (Lipinski definition) is 0. The van der Waals surface area contributed by atoms with Crippen molar-refractivity contribution in [3.8, 4) is 0 Å². The minimum Gasteiger partial charge on any atom is -0.447 e. The third-order valence-electron chi connectivity index (χ3n) is 4.48. The largest absolute Gasteiger partial charge is 0.447 e. The molecular formula is C17H21NO3. The molecule has 3 rings (SSSR count). The maximum Gasteiger partial charge on any atom is 0.416 e. The van der Waals surface area contributed by atoms with Crippen LogP contribution in [0.25, 0.3) is 0 Å². The molecule has 1 saturated carbocycles. The Labute approximate surface area is 125 Å². The Bertz CT molecular complexity index is 508. The van der Waals surface area contributed by atoms with Crippen LogP contribution in [0.3, 0.4) is 0 Å². The Kier molecular flexibility index (Phi) is 4.23. The maximum atomic E-state index is 12.4. The summed E-state index contributed by atoms with van der Waals surface area (Å²) in [6, 6.07) is 9.77. The zero-order valence-electron chi connectivity index (χ0n) is 12.2. The van der Waals surface area contributed by atoms with Crippen molar-refractivity contribution >= 4 is 12.0 Å². The van der Waals surface area contributed by atoms with Gasteiger partial charge in [0.2, 0.25) is 5.91 Å². The van der Waals surface area contributed by atoms with Crippen molar-refractivity contribution in [2.24, 2.45) is 5.92 Å². The minimum atomic E-state index is -0.473. The van der Waals surface area contributed by atoms with Crippen LogP contribution < -0.4 is 0 Å². The number of rotatable bonds is 4. The normalized spacial score (nSPS) is 22.6. The molecule has 2 amide bonds. The minimum absolute atomic E-state index is 0.0645. The van der Waals surface area contributed by atoms with Gasteiger partial charge in [0.15, 0.2) is 0 Å². The molecular weight excluding hydrogens is 266 g/mol. The van der Waals surface area contributed by atoms with Crippen LogP contribution in [0.2, 0.25) is 0 Å². The predicted octanol–water partition coefficient (Wildman–Crippen LogP) is 3.16. The van der Waals surface area contributed by atoms with Crippen molar-refractivity contribution in [3.63, 3.8) is 0 Å². The summed E-state index contributed by atoms with van der Waals surface area (Å²) in [6.45, 7) is 0.310. The number of carbonyl (C=O) groups is 2. The average molecular weight is 287 g/mol. The Morgan fingerprint density at radius 2 is 1.90 bits per heavy atom. The van der Waals surface area contributed by atoms with Crippen LogP contribution in [0.5, 0.6) is 0 Å². The SMILES string of the molecule is O=C(CC1CCCC1)N1C(=O)OCC1Cc1ccccc1. The molecule has 0 radical (unpaired) electrons. The predicted molar refractivity (Wildman–Crippen MR) is 78.7 cm³/mol. The lowest BCUT2D eigenvalue weighted by molar-refractivity contribution is -0.130. The fraction of sp³-hybridized carbons (Fsp3) is 0.529. The van der Waals surface area contributed by atoms with E-state index in [1.165, 1.54) is 17.7 Å². The van der Waals surface area contributed by atoms with Gasteiger partial charge < -0.3 is 4.74 Å². The van der Waals surface area contributed by atoms with Gasteiger partial charge in [-0.15, -0.1) is 0 Å². The standard InChI is InChI=1S/C17H21NO3/c19-16(11-14-8-4-5-9-14)18-15(12-21-17(18)20)10-13-6-2-1-3-7-13/h1-3,6-7,14-15H,4-5,8-12H2. The molecule has 1 aliphatic carbocycles. The van der Waals surface area contributed by atoms with Crippen LogP contribution in [-0.2, 0) is 16.0 Å². The van der Waals surface area contributed by atoms with E-state index in [0.29, 0.717) is 25.4 Å². The number of benzene rings is 1. The zero-order valence-corrected chi connectivity index (χ0v) is 12.2. The molecule has 1 heterocycles. The fourth-order valence-electron chi connectivity index (χ4n) is 3.36. The summed E-state index contributed by atoms with van der Waals surface area (Å²) in [6.07, 6.45) is 5.31. The van der Waals surface area contributed by atoms with Gasteiger partial charge in [0.25, 0.3) is 0 Å². The number of amides is 2. The molecule has 2 aliphatic rings. The lowest BCUT2D eigenvalue weighted by atomic mass is 10.0. The second kappa shape index (κ2) is 6.29. The Balaban J connectivity index is 1.65. The fourth-order valence-corrected chi connectivity index (χ4v) is 3.36. The summed E-state index contributed by atoms with van der Waals surface area (Å²) in [5.74, 6) is 0.383. The second-order valence-corrected chi connectivity index (χ2v) is 6.04. The monoisotopic (exact) mass is 287 g/mol. The average Bonchev–Trinajstić information content (AvgIpc) is 3.10. The smallest absolute Gasteiger partial charge is 0.416 e. The van der Waals surface area contributed by atoms with Crippen molar-refractivity contribution < 1.29 is 14.3 Å². The van der Waals surface area contributed by atoms with E-state index >= 15 is 0 Å². The van der Waals surface area contributed by atoms with Crippen LogP contribution >= 0.6 is 0 Å². The van der Waals surface area contributed by atoms with Crippen molar-refractivity contribution in [2.75, 3.05) is 6.61 Å². The van der Waals surface area contributed by atoms with Gasteiger partial charge in [0.1, 0.15) is 6.61 Å². The quantitative estimate of drug-likeness (QED) is 0.854. The van der Waals surface area contributed by atoms with Gasteiger partial charge in [-0.25, -0.2) is 9.69 Å². The summed E-state index contributed by atoms with van der Waals surface area (Å²) >= 11 is 0. The molecule has 0 bridgehead atoms. The van der Waals surface area contributed by atoms with E-state index in [-0.39, 0.29) is 11.9 Å². The van der Waals surface area contributed by atoms with E-state index in [4.69, 9.17) is 4.74 Å².